The van der Waals surface area contributed by atoms with Gasteiger partial charge in [-0.05, 0) is 93.9 Å². The van der Waals surface area contributed by atoms with Gasteiger partial charge in [-0.3, -0.25) is 9.36 Å². The molecule has 2 aliphatic heterocycles. The average molecular weight is 981 g/mol. The van der Waals surface area contributed by atoms with E-state index in [4.69, 9.17) is 44.9 Å². The minimum Gasteiger partial charge on any atom is -0.497 e. The second-order valence-corrected chi connectivity index (χ2v) is 20.2. The van der Waals surface area contributed by atoms with Crippen LogP contribution in [0.15, 0.2) is 102 Å². The summed E-state index contributed by atoms with van der Waals surface area (Å²) in [5.74, 6) is 0.576. The lowest BCUT2D eigenvalue weighted by Crippen LogP contribution is -2.48. The summed E-state index contributed by atoms with van der Waals surface area (Å²) in [6, 6.07) is 18.3. The molecule has 3 heterocycles. The average Bonchev–Trinajstić information content (AvgIpc) is 3.62. The van der Waals surface area contributed by atoms with Crippen molar-refractivity contribution in [2.75, 3.05) is 57.3 Å². The first-order chi connectivity index (χ1) is 32.0. The predicted octanol–water partition coefficient (Wildman–Crippen LogP) is 6.83. The third-order valence-corrected chi connectivity index (χ3v) is 15.1. The lowest BCUT2D eigenvalue weighted by molar-refractivity contribution is -0.114. The highest BCUT2D eigenvalue weighted by Crippen LogP contribution is 2.51. The van der Waals surface area contributed by atoms with Gasteiger partial charge in [-0.25, -0.2) is 17.9 Å². The molecule has 5 atom stereocenters. The number of aromatic nitrogens is 2. The van der Waals surface area contributed by atoms with Crippen molar-refractivity contribution in [1.29, 1.82) is 5.26 Å². The summed E-state index contributed by atoms with van der Waals surface area (Å²) in [7, 11) is -2.11. The number of nitrogens with zero attached hydrogens (tertiary/aromatic N) is 5. The number of allylic oxidation sites excluding steroid dienone is 3. The fourth-order valence-electron chi connectivity index (χ4n) is 7.80. The van der Waals surface area contributed by atoms with Crippen LogP contribution in [0, 0.1) is 11.3 Å². The molecule has 5 rings (SSSR count). The van der Waals surface area contributed by atoms with Gasteiger partial charge in [0.25, 0.3) is 13.7 Å². The van der Waals surface area contributed by atoms with E-state index in [-0.39, 0.29) is 67.3 Å². The highest BCUT2D eigenvalue weighted by atomic mass is 32.2. The summed E-state index contributed by atoms with van der Waals surface area (Å²) >= 11 is 5.90. The molecular formula is C47H61N6O11PS2. The van der Waals surface area contributed by atoms with Crippen molar-refractivity contribution >= 4 is 47.5 Å². The Morgan fingerprint density at radius 3 is 2.13 bits per heavy atom. The van der Waals surface area contributed by atoms with Crippen molar-refractivity contribution in [3.8, 4) is 17.6 Å². The molecule has 0 aliphatic carbocycles. The first-order valence-electron chi connectivity index (χ1n) is 21.8. The molecular weight excluding hydrogens is 920 g/mol. The van der Waals surface area contributed by atoms with Crippen LogP contribution in [0.2, 0.25) is 0 Å². The number of methoxy groups -OCH3 is 2. The van der Waals surface area contributed by atoms with Crippen LogP contribution in [-0.2, 0) is 43.5 Å². The van der Waals surface area contributed by atoms with E-state index in [0.717, 1.165) is 0 Å². The molecule has 1 amide bonds. The maximum atomic E-state index is 14.0. The quantitative estimate of drug-likeness (QED) is 0.0505. The van der Waals surface area contributed by atoms with Crippen molar-refractivity contribution < 1.29 is 45.9 Å². The number of nitrogens with one attached hydrogen (secondary N) is 1. The van der Waals surface area contributed by atoms with Crippen molar-refractivity contribution in [2.24, 2.45) is 0 Å². The number of carbonyl (C=O) groups is 1. The number of thiocarbonyl (C=S) groups is 1. The molecule has 0 bridgehead atoms. The number of benzene rings is 2. The Labute approximate surface area is 400 Å². The SMILES string of the molecule is C=C/C(=C\C=C/C)C(OC[C@H]1O[C@@H](n2ccc(NC(C)=O)nc2=O)C(OC(=S)N2CCS(=O)(=O)CC2)C1OP(OCCC#N)N(C(C)C)C(C)C)(c1ccc(OC)cc1)c1ccc(OC)cc1. The number of carbonyl (C=O) groups excluding carboxylic acids is 1. The van der Waals surface area contributed by atoms with Gasteiger partial charge < -0.3 is 42.9 Å². The van der Waals surface area contributed by atoms with E-state index in [1.807, 2.05) is 106 Å². The van der Waals surface area contributed by atoms with Gasteiger partial charge >= 0.3 is 5.69 Å². The molecule has 1 aromatic heterocycles. The van der Waals surface area contributed by atoms with Gasteiger partial charge in [0.2, 0.25) is 5.91 Å². The maximum Gasteiger partial charge on any atom is 0.351 e. The van der Waals surface area contributed by atoms with Gasteiger partial charge in [0.15, 0.2) is 22.2 Å². The third kappa shape index (κ3) is 13.2. The molecule has 3 aromatic rings. The van der Waals surface area contributed by atoms with Crippen LogP contribution in [-0.4, -0.2) is 121 Å². The zero-order chi connectivity index (χ0) is 48.9. The Kier molecular flexibility index (Phi) is 19.2. The topological polar surface area (TPSA) is 193 Å². The van der Waals surface area contributed by atoms with E-state index in [0.29, 0.717) is 28.2 Å². The lowest BCUT2D eigenvalue weighted by atomic mass is 9.79. The highest BCUT2D eigenvalue weighted by Gasteiger charge is 2.53. The number of amides is 1. The minimum atomic E-state index is -3.29. The van der Waals surface area contributed by atoms with Gasteiger partial charge in [0, 0.05) is 38.3 Å². The minimum absolute atomic E-state index is 0.0227. The molecule has 362 valence electrons. The second-order valence-electron chi connectivity index (χ2n) is 16.2. The van der Waals surface area contributed by atoms with Crippen molar-refractivity contribution in [1.82, 2.24) is 19.1 Å². The summed E-state index contributed by atoms with van der Waals surface area (Å²) in [4.78, 5) is 31.7. The molecule has 3 unspecified atom stereocenters. The number of nitriles is 1. The summed E-state index contributed by atoms with van der Waals surface area (Å²) < 4.78 is 73.9. The summed E-state index contributed by atoms with van der Waals surface area (Å²) in [5.41, 5.74) is -0.101. The zero-order valence-electron chi connectivity index (χ0n) is 39.2. The third-order valence-electron chi connectivity index (χ3n) is 11.0. The number of hydrogen-bond donors (Lipinski definition) is 1. The molecule has 2 saturated heterocycles. The molecule has 67 heavy (non-hydrogen) atoms. The molecule has 2 aliphatic rings. The number of rotatable bonds is 21. The Bertz CT molecular complexity index is 2370. The van der Waals surface area contributed by atoms with Crippen LogP contribution in [0.25, 0.3) is 0 Å². The molecule has 2 fully saturated rings. The first-order valence-corrected chi connectivity index (χ1v) is 25.2. The summed E-state index contributed by atoms with van der Waals surface area (Å²) in [6.45, 7) is 15.4. The molecule has 17 nitrogen and oxygen atoms in total. The largest absolute Gasteiger partial charge is 0.497 e. The van der Waals surface area contributed by atoms with Gasteiger partial charge in [0.1, 0.15) is 35.1 Å². The van der Waals surface area contributed by atoms with Crippen LogP contribution in [0.4, 0.5) is 5.82 Å². The normalized spacial score (nSPS) is 20.2. The molecule has 0 radical (unpaired) electrons. The van der Waals surface area contributed by atoms with Gasteiger partial charge in [-0.1, -0.05) is 55.1 Å². The Balaban J connectivity index is 1.74. The van der Waals surface area contributed by atoms with Crippen molar-refractivity contribution in [2.45, 2.75) is 90.2 Å². The van der Waals surface area contributed by atoms with Gasteiger partial charge in [-0.2, -0.15) is 10.2 Å². The van der Waals surface area contributed by atoms with Crippen molar-refractivity contribution in [3.63, 3.8) is 0 Å². The summed E-state index contributed by atoms with van der Waals surface area (Å²) in [5, 5.41) is 12.0. The predicted molar refractivity (Wildman–Crippen MR) is 260 cm³/mol. The van der Waals surface area contributed by atoms with E-state index >= 15 is 0 Å². The van der Waals surface area contributed by atoms with E-state index in [1.165, 1.54) is 23.8 Å². The van der Waals surface area contributed by atoms with Crippen molar-refractivity contribution in [3.05, 3.63) is 119 Å². The Morgan fingerprint density at radius 2 is 1.64 bits per heavy atom. The van der Waals surface area contributed by atoms with Crippen LogP contribution in [0.5, 0.6) is 11.5 Å². The number of anilines is 1. The molecule has 2 aromatic carbocycles. The number of hydrogen-bond acceptors (Lipinski definition) is 15. The van der Waals surface area contributed by atoms with Crippen LogP contribution in [0.3, 0.4) is 0 Å². The van der Waals surface area contributed by atoms with Crippen LogP contribution < -0.4 is 20.5 Å². The molecule has 0 spiro atoms. The molecule has 20 heteroatoms. The first kappa shape index (κ1) is 52.9. The number of ether oxygens (including phenoxy) is 5. The fraction of sp³-hybridized carbons (Fsp3) is 0.468. The van der Waals surface area contributed by atoms with E-state index in [1.54, 1.807) is 25.2 Å². The lowest BCUT2D eigenvalue weighted by Gasteiger charge is -2.40. The molecule has 1 N–H and O–H groups in total. The zero-order valence-corrected chi connectivity index (χ0v) is 41.7. The Hall–Kier alpha value is -5.03. The highest BCUT2D eigenvalue weighted by molar-refractivity contribution is 7.91. The van der Waals surface area contributed by atoms with E-state index in [2.05, 4.69) is 22.9 Å². The maximum absolute atomic E-state index is 14.0. The van der Waals surface area contributed by atoms with Gasteiger partial charge in [0.05, 0.1) is 51.4 Å². The summed E-state index contributed by atoms with van der Waals surface area (Å²) in [6.07, 6.45) is 4.22. The van der Waals surface area contributed by atoms with Crippen LogP contribution >= 0.6 is 20.7 Å². The molecule has 0 saturated carbocycles. The van der Waals surface area contributed by atoms with E-state index in [9.17, 15) is 23.3 Å². The second kappa shape index (κ2) is 24.3. The Morgan fingerprint density at radius 1 is 1.04 bits per heavy atom. The van der Waals surface area contributed by atoms with Crippen LogP contribution in [0.1, 0.15) is 65.3 Å². The standard InChI is InChI=1S/C47H61N6O11PS2/c1-10-12-14-35(11-2)47(36-15-19-38(58-8)20-16-36,37-17-21-39(59-9)22-18-37)60-31-40-42(64-65(61-28-13-24-48)53(32(3)4)33(5)6)43(63-46(66)51-26-29-67(56,57)30-27-51)44(62-40)52-25-23-41(49-34(7)54)50-45(52)55/h10-12,14-23,25,32-33,40,42-44H,2,13,26-31H2,1,3-9H3,(H,49,50,54,55)/b12-10-,35-14+/t40-,42?,43?,44-,65?/m1/s1. The fourth-order valence-corrected chi connectivity index (χ4v) is 11.1. The number of sulfone groups is 1. The monoisotopic (exact) mass is 980 g/mol. The van der Waals surface area contributed by atoms with E-state index < -0.39 is 60.1 Å². The smallest absolute Gasteiger partial charge is 0.351 e. The van der Waals surface area contributed by atoms with Gasteiger partial charge in [-0.15, -0.1) is 0 Å².